The first-order chi connectivity index (χ1) is 16.6. The largest absolute Gasteiger partial charge is 0.496 e. The van der Waals surface area contributed by atoms with Crippen molar-refractivity contribution < 1.29 is 22.9 Å². The van der Waals surface area contributed by atoms with Crippen LogP contribution in [0.5, 0.6) is 5.75 Å². The molecule has 1 amide bonds. The van der Waals surface area contributed by atoms with Crippen molar-refractivity contribution in [2.75, 3.05) is 13.7 Å². The van der Waals surface area contributed by atoms with Gasteiger partial charge in [0.15, 0.2) is 0 Å². The number of piperidine rings is 1. The summed E-state index contributed by atoms with van der Waals surface area (Å²) in [4.78, 5) is 19.5. The summed E-state index contributed by atoms with van der Waals surface area (Å²) >= 11 is 0. The second-order valence-corrected chi connectivity index (χ2v) is 8.25. The van der Waals surface area contributed by atoms with E-state index in [-0.39, 0.29) is 23.5 Å². The van der Waals surface area contributed by atoms with Crippen molar-refractivity contribution in [3.8, 4) is 17.0 Å². The number of rotatable bonds is 6. The fourth-order valence-electron chi connectivity index (χ4n) is 4.33. The lowest BCUT2D eigenvalue weighted by molar-refractivity contribution is 0.0528. The fourth-order valence-corrected chi connectivity index (χ4v) is 4.33. The minimum atomic E-state index is -0.378. The van der Waals surface area contributed by atoms with E-state index in [2.05, 4.69) is 10.1 Å². The van der Waals surface area contributed by atoms with E-state index in [4.69, 9.17) is 13.7 Å². The Morgan fingerprint density at radius 3 is 2.91 bits per heavy atom. The standard InChI is InChI=1S/C26H24FN3O4/c1-32-23-11-3-2-7-18(23)14-20-16-28-25(33-20)22-10-4-5-12-30(22)26(31)24-15-21(29-34-24)17-8-6-9-19(27)13-17/h2-3,6-9,11,13,15-16,22H,4-5,10,12,14H2,1H3/t22-/m1/s1. The first kappa shape index (κ1) is 21.9. The van der Waals surface area contributed by atoms with E-state index in [1.165, 1.54) is 12.1 Å². The van der Waals surface area contributed by atoms with Crippen LogP contribution < -0.4 is 4.74 Å². The lowest BCUT2D eigenvalue weighted by Gasteiger charge is -2.32. The highest BCUT2D eigenvalue weighted by Crippen LogP contribution is 2.33. The van der Waals surface area contributed by atoms with Gasteiger partial charge in [0.05, 0.1) is 13.3 Å². The Balaban J connectivity index is 1.35. The van der Waals surface area contributed by atoms with Crippen molar-refractivity contribution >= 4 is 5.91 Å². The van der Waals surface area contributed by atoms with Crippen LogP contribution in [0.4, 0.5) is 4.39 Å². The number of hydrogen-bond donors (Lipinski definition) is 0. The number of methoxy groups -OCH3 is 1. The molecule has 5 rings (SSSR count). The predicted octanol–water partition coefficient (Wildman–Crippen LogP) is 5.44. The molecule has 1 atom stereocenters. The van der Waals surface area contributed by atoms with Gasteiger partial charge in [-0.05, 0) is 37.5 Å². The van der Waals surface area contributed by atoms with Crippen LogP contribution in [0.25, 0.3) is 11.3 Å². The smallest absolute Gasteiger partial charge is 0.293 e. The van der Waals surface area contributed by atoms with E-state index in [1.807, 2.05) is 24.3 Å². The molecule has 1 aliphatic rings. The summed E-state index contributed by atoms with van der Waals surface area (Å²) in [7, 11) is 1.64. The number of hydrogen-bond acceptors (Lipinski definition) is 6. The van der Waals surface area contributed by atoms with Gasteiger partial charge in [-0.25, -0.2) is 9.37 Å². The number of nitrogens with zero attached hydrogens (tertiary/aromatic N) is 3. The number of ether oxygens (including phenoxy) is 1. The minimum Gasteiger partial charge on any atom is -0.496 e. The number of carbonyl (C=O) groups is 1. The van der Waals surface area contributed by atoms with Crippen molar-refractivity contribution in [3.05, 3.63) is 89.6 Å². The Kier molecular flexibility index (Phi) is 6.12. The van der Waals surface area contributed by atoms with Crippen molar-refractivity contribution in [3.63, 3.8) is 0 Å². The topological polar surface area (TPSA) is 81.6 Å². The van der Waals surface area contributed by atoms with Crippen LogP contribution in [-0.2, 0) is 6.42 Å². The maximum absolute atomic E-state index is 13.6. The quantitative estimate of drug-likeness (QED) is 0.381. The summed E-state index contributed by atoms with van der Waals surface area (Å²) in [6.45, 7) is 0.559. The van der Waals surface area contributed by atoms with Gasteiger partial charge in [-0.3, -0.25) is 4.79 Å². The van der Waals surface area contributed by atoms with Crippen molar-refractivity contribution in [2.24, 2.45) is 0 Å². The van der Waals surface area contributed by atoms with Gasteiger partial charge in [-0.2, -0.15) is 0 Å². The van der Waals surface area contributed by atoms with Crippen LogP contribution in [0.1, 0.15) is 53.1 Å². The van der Waals surface area contributed by atoms with Crippen molar-refractivity contribution in [1.82, 2.24) is 15.0 Å². The van der Waals surface area contributed by atoms with E-state index in [1.54, 1.807) is 36.4 Å². The molecule has 0 bridgehead atoms. The van der Waals surface area contributed by atoms with Crippen LogP contribution >= 0.6 is 0 Å². The highest BCUT2D eigenvalue weighted by Gasteiger charge is 2.34. The Bertz CT molecular complexity index is 1300. The third kappa shape index (κ3) is 4.44. The molecule has 8 heteroatoms. The number of likely N-dealkylation sites (tertiary alicyclic amines) is 1. The van der Waals surface area contributed by atoms with E-state index < -0.39 is 0 Å². The van der Waals surface area contributed by atoms with Gasteiger partial charge in [0.1, 0.15) is 29.1 Å². The zero-order chi connectivity index (χ0) is 23.5. The lowest BCUT2D eigenvalue weighted by atomic mass is 10.0. The molecule has 2 aromatic carbocycles. The molecule has 0 spiro atoms. The molecule has 4 aromatic rings. The molecule has 1 aliphatic heterocycles. The molecule has 0 N–H and O–H groups in total. The Hall–Kier alpha value is -3.94. The fraction of sp³-hybridized carbons (Fsp3) is 0.269. The monoisotopic (exact) mass is 461 g/mol. The zero-order valence-electron chi connectivity index (χ0n) is 18.7. The molecule has 174 valence electrons. The van der Waals surface area contributed by atoms with Gasteiger partial charge in [-0.1, -0.05) is 35.5 Å². The zero-order valence-corrected chi connectivity index (χ0v) is 18.7. The number of aromatic nitrogens is 2. The van der Waals surface area contributed by atoms with E-state index in [0.29, 0.717) is 35.9 Å². The summed E-state index contributed by atoms with van der Waals surface area (Å²) < 4.78 is 30.4. The van der Waals surface area contributed by atoms with Gasteiger partial charge in [0.2, 0.25) is 11.7 Å². The molecule has 1 fully saturated rings. The van der Waals surface area contributed by atoms with Crippen LogP contribution in [-0.4, -0.2) is 34.6 Å². The molecule has 1 saturated heterocycles. The summed E-state index contributed by atoms with van der Waals surface area (Å²) in [5.41, 5.74) is 1.95. The number of benzene rings is 2. The molecule has 7 nitrogen and oxygen atoms in total. The van der Waals surface area contributed by atoms with Gasteiger partial charge in [0, 0.05) is 30.2 Å². The maximum Gasteiger partial charge on any atom is 0.293 e. The second-order valence-electron chi connectivity index (χ2n) is 8.25. The molecule has 0 radical (unpaired) electrons. The molecular weight excluding hydrogens is 437 g/mol. The van der Waals surface area contributed by atoms with Gasteiger partial charge in [-0.15, -0.1) is 0 Å². The Morgan fingerprint density at radius 2 is 2.06 bits per heavy atom. The predicted molar refractivity (Wildman–Crippen MR) is 122 cm³/mol. The minimum absolute atomic E-state index is 0.104. The molecule has 0 aliphatic carbocycles. The highest BCUT2D eigenvalue weighted by molar-refractivity contribution is 5.92. The van der Waals surface area contributed by atoms with Crippen LogP contribution in [0, 0.1) is 5.82 Å². The van der Waals surface area contributed by atoms with Crippen molar-refractivity contribution in [2.45, 2.75) is 31.7 Å². The molecule has 2 aromatic heterocycles. The molecule has 0 unspecified atom stereocenters. The van der Waals surface area contributed by atoms with E-state index in [9.17, 15) is 9.18 Å². The number of para-hydroxylation sites is 1. The number of oxazole rings is 1. The van der Waals surface area contributed by atoms with Crippen LogP contribution in [0.15, 0.2) is 69.7 Å². The van der Waals surface area contributed by atoms with Crippen molar-refractivity contribution in [1.29, 1.82) is 0 Å². The summed E-state index contributed by atoms with van der Waals surface area (Å²) in [5, 5.41) is 3.97. The summed E-state index contributed by atoms with van der Waals surface area (Å²) in [5.74, 6) is 1.43. The second kappa shape index (κ2) is 9.51. The SMILES string of the molecule is COc1ccccc1Cc1cnc([C@H]2CCCCN2C(=O)c2cc(-c3cccc(F)c3)no2)o1. The summed E-state index contributed by atoms with van der Waals surface area (Å²) in [6, 6.07) is 15.0. The van der Waals surface area contributed by atoms with Gasteiger partial charge < -0.3 is 18.6 Å². The van der Waals surface area contributed by atoms with Gasteiger partial charge in [0.25, 0.3) is 5.91 Å². The van der Waals surface area contributed by atoms with Gasteiger partial charge >= 0.3 is 0 Å². The average Bonchev–Trinajstić information content (AvgIpc) is 3.54. The number of halogens is 1. The maximum atomic E-state index is 13.6. The third-order valence-electron chi connectivity index (χ3n) is 6.02. The Labute approximate surface area is 196 Å². The van der Waals surface area contributed by atoms with Crippen LogP contribution in [0.2, 0.25) is 0 Å². The Morgan fingerprint density at radius 1 is 1.18 bits per heavy atom. The van der Waals surface area contributed by atoms with Crippen LogP contribution in [0.3, 0.4) is 0 Å². The third-order valence-corrected chi connectivity index (χ3v) is 6.02. The first-order valence-corrected chi connectivity index (χ1v) is 11.2. The molecule has 0 saturated carbocycles. The van der Waals surface area contributed by atoms with E-state index >= 15 is 0 Å². The van der Waals surface area contributed by atoms with E-state index in [0.717, 1.165) is 30.6 Å². The summed E-state index contributed by atoms with van der Waals surface area (Å²) in [6.07, 6.45) is 4.82. The molecule has 34 heavy (non-hydrogen) atoms. The highest BCUT2D eigenvalue weighted by atomic mass is 19.1. The first-order valence-electron chi connectivity index (χ1n) is 11.2. The number of carbonyl (C=O) groups excluding carboxylic acids is 1. The molecule has 3 heterocycles. The normalized spacial score (nSPS) is 15.9. The molecular formula is C26H24FN3O4. The average molecular weight is 461 g/mol. The lowest BCUT2D eigenvalue weighted by Crippen LogP contribution is -2.38. The number of amides is 1.